The van der Waals surface area contributed by atoms with Crippen LogP contribution in [0.4, 0.5) is 4.79 Å². The number of likely N-dealkylation sites (tertiary alicyclic amines) is 1. The third kappa shape index (κ3) is 3.85. The summed E-state index contributed by atoms with van der Waals surface area (Å²) in [6, 6.07) is 3.30. The molecule has 3 aliphatic rings. The third-order valence-corrected chi connectivity index (χ3v) is 9.09. The van der Waals surface area contributed by atoms with Crippen LogP contribution in [0.15, 0.2) is 28.0 Å². The highest BCUT2D eigenvalue weighted by molar-refractivity contribution is 8.00. The van der Waals surface area contributed by atoms with Gasteiger partial charge in [-0.3, -0.25) is 23.7 Å². The lowest BCUT2D eigenvalue weighted by atomic mass is 9.83. The van der Waals surface area contributed by atoms with Crippen LogP contribution < -0.4 is 15.3 Å². The van der Waals surface area contributed by atoms with Crippen molar-refractivity contribution < 1.29 is 33.8 Å². The summed E-state index contributed by atoms with van der Waals surface area (Å²) in [6.45, 7) is 1.40. The number of carbonyl (C=O) groups is 4. The van der Waals surface area contributed by atoms with Crippen molar-refractivity contribution in [1.82, 2.24) is 14.4 Å². The van der Waals surface area contributed by atoms with Crippen LogP contribution in [0.3, 0.4) is 0 Å². The van der Waals surface area contributed by atoms with Crippen LogP contribution in [0.1, 0.15) is 16.4 Å². The van der Waals surface area contributed by atoms with Crippen molar-refractivity contribution in [1.29, 1.82) is 0 Å². The van der Waals surface area contributed by atoms with Gasteiger partial charge in [0.05, 0.1) is 31.3 Å². The Morgan fingerprint density at radius 1 is 1.19 bits per heavy atom. The molecule has 12 nitrogen and oxygen atoms in total. The van der Waals surface area contributed by atoms with E-state index in [2.05, 4.69) is 0 Å². The summed E-state index contributed by atoms with van der Waals surface area (Å²) in [4.78, 5) is 66.4. The maximum atomic E-state index is 13.2. The molecule has 5 rings (SSSR count). The van der Waals surface area contributed by atoms with E-state index >= 15 is 0 Å². The number of hydrogen-bond donors (Lipinski definition) is 2. The monoisotopic (exact) mass is 534 g/mol. The minimum absolute atomic E-state index is 0.127. The van der Waals surface area contributed by atoms with E-state index in [1.807, 2.05) is 0 Å². The number of hydrogen-bond acceptors (Lipinski definition) is 10. The number of thiazole rings is 1. The number of amides is 5. The molecule has 3 N–H and O–H groups in total. The van der Waals surface area contributed by atoms with Crippen molar-refractivity contribution in [3.8, 4) is 11.5 Å². The number of carbonyl (C=O) groups excluding carboxylic acids is 4. The van der Waals surface area contributed by atoms with Gasteiger partial charge in [0.25, 0.3) is 5.91 Å². The number of methoxy groups -OCH3 is 1. The molecule has 0 saturated carbocycles. The predicted molar refractivity (Wildman–Crippen MR) is 127 cm³/mol. The smallest absolute Gasteiger partial charge is 0.328 e. The molecular formula is C22H22N4O8S2. The summed E-state index contributed by atoms with van der Waals surface area (Å²) in [5.74, 6) is -3.60. The quantitative estimate of drug-likeness (QED) is 0.520. The lowest BCUT2D eigenvalue weighted by molar-refractivity contribution is -0.137. The molecule has 2 unspecified atom stereocenters. The first-order chi connectivity index (χ1) is 17.2. The Morgan fingerprint density at radius 3 is 2.58 bits per heavy atom. The molecule has 0 radical (unpaired) electrons. The van der Waals surface area contributed by atoms with Crippen LogP contribution in [0.5, 0.6) is 11.5 Å². The van der Waals surface area contributed by atoms with Crippen molar-refractivity contribution in [3.63, 3.8) is 0 Å². The molecule has 2 fully saturated rings. The third-order valence-electron chi connectivity index (χ3n) is 6.49. The Balaban J connectivity index is 1.62. The van der Waals surface area contributed by atoms with Crippen LogP contribution in [0.25, 0.3) is 0 Å². The van der Waals surface area contributed by atoms with Crippen LogP contribution >= 0.6 is 23.1 Å². The fourth-order valence-electron chi connectivity index (χ4n) is 4.77. The molecule has 0 bridgehead atoms. The van der Waals surface area contributed by atoms with E-state index in [0.29, 0.717) is 46.7 Å². The summed E-state index contributed by atoms with van der Waals surface area (Å²) < 4.78 is 11.8. The van der Waals surface area contributed by atoms with E-state index in [1.54, 1.807) is 11.0 Å². The minimum Gasteiger partial charge on any atom is -0.504 e. The highest BCUT2D eigenvalue weighted by Gasteiger charge is 2.58. The zero-order chi connectivity index (χ0) is 25.7. The average Bonchev–Trinajstić information content (AvgIpc) is 3.31. The molecule has 14 heteroatoms. The van der Waals surface area contributed by atoms with Crippen molar-refractivity contribution in [2.75, 3.05) is 33.4 Å². The molecule has 36 heavy (non-hydrogen) atoms. The number of nitrogens with zero attached hydrogens (tertiary/aromatic N) is 3. The van der Waals surface area contributed by atoms with Crippen molar-refractivity contribution in [2.45, 2.75) is 22.7 Å². The number of fused-ring (bicyclic) bond motifs is 2. The maximum absolute atomic E-state index is 13.2. The lowest BCUT2D eigenvalue weighted by Crippen LogP contribution is -2.43. The molecule has 2 saturated heterocycles. The van der Waals surface area contributed by atoms with Gasteiger partial charge in [-0.05, 0) is 17.7 Å². The highest BCUT2D eigenvalue weighted by Crippen LogP contribution is 2.53. The fraction of sp³-hybridized carbons (Fsp3) is 0.409. The van der Waals surface area contributed by atoms with Gasteiger partial charge in [-0.1, -0.05) is 29.2 Å². The number of primary amides is 1. The molecular weight excluding hydrogens is 512 g/mol. The van der Waals surface area contributed by atoms with Gasteiger partial charge in [-0.25, -0.2) is 4.79 Å². The van der Waals surface area contributed by atoms with E-state index in [0.717, 1.165) is 23.1 Å². The van der Waals surface area contributed by atoms with E-state index < -0.39 is 39.8 Å². The van der Waals surface area contributed by atoms with E-state index in [9.17, 15) is 29.1 Å². The van der Waals surface area contributed by atoms with E-state index in [1.165, 1.54) is 23.8 Å². The maximum Gasteiger partial charge on any atom is 0.328 e. The zero-order valence-electron chi connectivity index (χ0n) is 19.0. The predicted octanol–water partition coefficient (Wildman–Crippen LogP) is 0.153. The SMILES string of the molecule is COc1cc([C@@H]2c3sc(=O)n(CC(=O)N4CCOCC4)c3SC3C(=O)N(C(N)=O)C(=O)C32)ccc1O. The van der Waals surface area contributed by atoms with E-state index in [-0.39, 0.29) is 24.0 Å². The number of nitrogens with two attached hydrogens (primary N) is 1. The number of phenols is 1. The van der Waals surface area contributed by atoms with Gasteiger partial charge >= 0.3 is 10.9 Å². The molecule has 2 aromatic rings. The Labute approximate surface area is 212 Å². The molecule has 4 heterocycles. The number of imide groups is 3. The number of aromatic nitrogens is 1. The van der Waals surface area contributed by atoms with Crippen molar-refractivity contribution in [3.05, 3.63) is 38.3 Å². The lowest BCUT2D eigenvalue weighted by Gasteiger charge is -2.31. The Bertz CT molecular complexity index is 1330. The number of morpholine rings is 1. The Kier molecular flexibility index (Phi) is 6.26. The summed E-state index contributed by atoms with van der Waals surface area (Å²) >= 11 is 1.86. The molecule has 1 aromatic carbocycles. The number of urea groups is 1. The Hall–Kier alpha value is -3.36. The van der Waals surface area contributed by atoms with Crippen LogP contribution in [0, 0.1) is 5.92 Å². The summed E-state index contributed by atoms with van der Waals surface area (Å²) in [5, 5.41) is 9.43. The van der Waals surface area contributed by atoms with Crippen molar-refractivity contribution in [2.24, 2.45) is 11.7 Å². The topological polar surface area (TPSA) is 161 Å². The number of benzene rings is 1. The number of rotatable bonds is 4. The largest absolute Gasteiger partial charge is 0.504 e. The number of thioether (sulfide) groups is 1. The van der Waals surface area contributed by atoms with Gasteiger partial charge in [-0.2, -0.15) is 4.90 Å². The molecule has 3 aliphatic heterocycles. The second kappa shape index (κ2) is 9.26. The second-order valence-electron chi connectivity index (χ2n) is 8.44. The molecule has 0 aliphatic carbocycles. The molecule has 5 amide bonds. The number of ether oxygens (including phenoxy) is 2. The molecule has 0 spiro atoms. The summed E-state index contributed by atoms with van der Waals surface area (Å²) in [6.07, 6.45) is 0. The number of aromatic hydroxyl groups is 1. The minimum atomic E-state index is -1.18. The summed E-state index contributed by atoms with van der Waals surface area (Å²) in [5.41, 5.74) is 5.84. The Morgan fingerprint density at radius 2 is 1.92 bits per heavy atom. The molecule has 190 valence electrons. The normalized spacial score (nSPS) is 23.4. The fourth-order valence-corrected chi connectivity index (χ4v) is 7.54. The van der Waals surface area contributed by atoms with Gasteiger partial charge in [0.2, 0.25) is 11.8 Å². The van der Waals surface area contributed by atoms with Gasteiger partial charge in [0.15, 0.2) is 11.5 Å². The first kappa shape index (κ1) is 24.3. The van der Waals surface area contributed by atoms with Crippen LogP contribution in [-0.2, 0) is 25.7 Å². The van der Waals surface area contributed by atoms with Gasteiger partial charge in [-0.15, -0.1) is 0 Å². The van der Waals surface area contributed by atoms with Gasteiger partial charge < -0.3 is 25.2 Å². The zero-order valence-corrected chi connectivity index (χ0v) is 20.7. The first-order valence-corrected chi connectivity index (χ1v) is 12.7. The van der Waals surface area contributed by atoms with Crippen molar-refractivity contribution >= 4 is 46.9 Å². The second-order valence-corrected chi connectivity index (χ2v) is 10.6. The average molecular weight is 535 g/mol. The highest BCUT2D eigenvalue weighted by atomic mass is 32.2. The molecule has 3 atom stereocenters. The standard InChI is InChI=1S/C22H22N4O8S2/c1-33-12-8-10(2-3-11(12)27)14-15-16(19(30)26(18(15)29)21(23)31)35-20-17(14)36-22(32)25(20)9-13(28)24-4-6-34-7-5-24/h2-3,8,14-16,27H,4-7,9H2,1H3,(H2,23,31)/t14-,15?,16?/m0/s1. The summed E-state index contributed by atoms with van der Waals surface area (Å²) in [7, 11) is 1.37. The van der Waals surface area contributed by atoms with Gasteiger partial charge in [0, 0.05) is 23.9 Å². The van der Waals surface area contributed by atoms with Crippen LogP contribution in [-0.4, -0.2) is 81.9 Å². The van der Waals surface area contributed by atoms with Gasteiger partial charge in [0.1, 0.15) is 11.8 Å². The molecule has 1 aromatic heterocycles. The van der Waals surface area contributed by atoms with E-state index in [4.69, 9.17) is 15.2 Å². The van der Waals surface area contributed by atoms with Crippen LogP contribution in [0.2, 0.25) is 0 Å². The first-order valence-electron chi connectivity index (χ1n) is 11.0. The number of phenolic OH excluding ortho intramolecular Hbond substituents is 1.